The third-order valence-electron chi connectivity index (χ3n) is 3.88. The normalized spacial score (nSPS) is 14.4. The van der Waals surface area contributed by atoms with E-state index in [2.05, 4.69) is 4.98 Å². The lowest BCUT2D eigenvalue weighted by Gasteiger charge is -2.14. The number of rotatable bonds is 2. The van der Waals surface area contributed by atoms with Gasteiger partial charge in [-0.2, -0.15) is 0 Å². The highest BCUT2D eigenvalue weighted by Gasteiger charge is 2.35. The summed E-state index contributed by atoms with van der Waals surface area (Å²) in [5.41, 5.74) is -0.461. The molecule has 26 heavy (non-hydrogen) atoms. The lowest BCUT2D eigenvalue weighted by molar-refractivity contribution is -0.172. The number of imide groups is 1. The Morgan fingerprint density at radius 2 is 1.85 bits per heavy atom. The smallest absolute Gasteiger partial charge is 0.371 e. The predicted octanol–water partition coefficient (Wildman–Crippen LogP) is 1.22. The van der Waals surface area contributed by atoms with Crippen LogP contribution in [0.1, 0.15) is 23.2 Å². The van der Waals surface area contributed by atoms with Gasteiger partial charge in [0.1, 0.15) is 17.0 Å². The lowest BCUT2D eigenvalue weighted by Crippen LogP contribution is -2.34. The summed E-state index contributed by atoms with van der Waals surface area (Å²) in [5.74, 6) is -2.78. The first-order valence-corrected chi connectivity index (χ1v) is 7.59. The Morgan fingerprint density at radius 1 is 1.12 bits per heavy atom. The monoisotopic (exact) mass is 354 g/mol. The van der Waals surface area contributed by atoms with E-state index in [1.165, 1.54) is 24.3 Å². The van der Waals surface area contributed by atoms with Crippen LogP contribution in [0.3, 0.4) is 0 Å². The minimum absolute atomic E-state index is 0.0677. The molecule has 130 valence electrons. The molecule has 1 saturated heterocycles. The second-order valence-electron chi connectivity index (χ2n) is 5.61. The molecule has 3 aliphatic rings. The number of carbonyl (C=O) groups excluding carboxylic acids is 3. The van der Waals surface area contributed by atoms with Crippen LogP contribution in [0.4, 0.5) is 0 Å². The molecule has 0 spiro atoms. The van der Waals surface area contributed by atoms with Gasteiger partial charge >= 0.3 is 5.97 Å². The van der Waals surface area contributed by atoms with E-state index in [0.717, 1.165) is 6.07 Å². The Kier molecular flexibility index (Phi) is 3.43. The molecule has 1 aromatic carbocycles. The SMILES string of the molecule is O=C(ON1C(=O)CCC1=O)c1c2oc3cc(O)ccc3nc-2ccc1=O. The van der Waals surface area contributed by atoms with Crippen LogP contribution in [-0.2, 0) is 14.4 Å². The summed E-state index contributed by atoms with van der Waals surface area (Å²) >= 11 is 0. The zero-order valence-corrected chi connectivity index (χ0v) is 13.1. The van der Waals surface area contributed by atoms with Crippen molar-refractivity contribution in [3.05, 3.63) is 46.1 Å². The zero-order valence-electron chi connectivity index (χ0n) is 13.1. The molecule has 1 aliphatic carbocycles. The third-order valence-corrected chi connectivity index (χ3v) is 3.88. The fourth-order valence-electron chi connectivity index (χ4n) is 2.64. The number of aromatic nitrogens is 1. The van der Waals surface area contributed by atoms with Crippen molar-refractivity contribution in [2.24, 2.45) is 0 Å². The molecule has 9 heteroatoms. The molecular weight excluding hydrogens is 344 g/mol. The lowest BCUT2D eigenvalue weighted by atomic mass is 10.1. The van der Waals surface area contributed by atoms with Gasteiger partial charge in [0.15, 0.2) is 22.3 Å². The minimum atomic E-state index is -1.20. The van der Waals surface area contributed by atoms with Crippen LogP contribution in [0.15, 0.2) is 39.5 Å². The van der Waals surface area contributed by atoms with Crippen molar-refractivity contribution in [1.29, 1.82) is 0 Å². The minimum Gasteiger partial charge on any atom is -0.508 e. The topological polar surface area (TPSA) is 127 Å². The molecule has 0 atom stereocenters. The number of nitrogens with zero attached hydrogens (tertiary/aromatic N) is 2. The summed E-state index contributed by atoms with van der Waals surface area (Å²) in [7, 11) is 0. The van der Waals surface area contributed by atoms with Crippen molar-refractivity contribution in [3.8, 4) is 17.2 Å². The molecule has 4 rings (SSSR count). The molecule has 1 N–H and O–H groups in total. The van der Waals surface area contributed by atoms with Crippen molar-refractivity contribution in [3.63, 3.8) is 0 Å². The highest BCUT2D eigenvalue weighted by atomic mass is 16.7. The average Bonchev–Trinajstić information content (AvgIpc) is 2.92. The van der Waals surface area contributed by atoms with Crippen LogP contribution in [-0.4, -0.2) is 32.9 Å². The maximum atomic E-state index is 12.4. The Morgan fingerprint density at radius 3 is 2.58 bits per heavy atom. The number of carbonyl (C=O) groups is 3. The number of aromatic hydroxyl groups is 1. The highest BCUT2D eigenvalue weighted by molar-refractivity contribution is 6.03. The molecule has 1 fully saturated rings. The van der Waals surface area contributed by atoms with Gasteiger partial charge in [0.05, 0.1) is 0 Å². The van der Waals surface area contributed by atoms with Crippen molar-refractivity contribution in [1.82, 2.24) is 10.0 Å². The number of benzene rings is 2. The van der Waals surface area contributed by atoms with Gasteiger partial charge in [-0.05, 0) is 24.3 Å². The second-order valence-corrected chi connectivity index (χ2v) is 5.61. The first-order chi connectivity index (χ1) is 12.4. The van der Waals surface area contributed by atoms with Gasteiger partial charge in [-0.25, -0.2) is 9.78 Å². The molecule has 0 aromatic heterocycles. The van der Waals surface area contributed by atoms with Crippen LogP contribution in [0.2, 0.25) is 0 Å². The van der Waals surface area contributed by atoms with Gasteiger partial charge in [-0.3, -0.25) is 14.4 Å². The molecule has 0 radical (unpaired) electrons. The maximum Gasteiger partial charge on any atom is 0.371 e. The van der Waals surface area contributed by atoms with Gasteiger partial charge < -0.3 is 14.4 Å². The first-order valence-electron chi connectivity index (χ1n) is 7.59. The average molecular weight is 354 g/mol. The van der Waals surface area contributed by atoms with Crippen molar-refractivity contribution < 1.29 is 28.7 Å². The molecule has 0 bridgehead atoms. The van der Waals surface area contributed by atoms with Crippen LogP contribution < -0.4 is 5.43 Å². The van der Waals surface area contributed by atoms with E-state index in [1.807, 2.05) is 0 Å². The molecule has 2 heterocycles. The zero-order chi connectivity index (χ0) is 18.4. The number of hydrogen-bond acceptors (Lipinski definition) is 8. The molecular formula is C17H10N2O7. The summed E-state index contributed by atoms with van der Waals surface area (Å²) in [4.78, 5) is 56.9. The summed E-state index contributed by atoms with van der Waals surface area (Å²) in [6, 6.07) is 6.69. The van der Waals surface area contributed by atoms with Crippen LogP contribution in [0, 0.1) is 0 Å². The maximum absolute atomic E-state index is 12.4. The van der Waals surface area contributed by atoms with Crippen LogP contribution in [0.5, 0.6) is 5.75 Å². The molecule has 2 aliphatic heterocycles. The Labute approximate surface area is 144 Å². The fourth-order valence-corrected chi connectivity index (χ4v) is 2.64. The Bertz CT molecular complexity index is 1100. The fraction of sp³-hybridized carbons (Fsp3) is 0.118. The second kappa shape index (κ2) is 5.66. The van der Waals surface area contributed by atoms with Gasteiger partial charge in [-0.15, -0.1) is 5.06 Å². The molecule has 1 aromatic rings. The molecule has 0 saturated carbocycles. The molecule has 0 unspecified atom stereocenters. The number of fused-ring (bicyclic) bond motifs is 2. The van der Waals surface area contributed by atoms with E-state index in [-0.39, 0.29) is 35.6 Å². The van der Waals surface area contributed by atoms with Gasteiger partial charge in [0.25, 0.3) is 11.8 Å². The largest absolute Gasteiger partial charge is 0.508 e. The molecule has 2 amide bonds. The quantitative estimate of drug-likeness (QED) is 0.537. The number of amides is 2. The van der Waals surface area contributed by atoms with Crippen LogP contribution in [0.25, 0.3) is 22.6 Å². The summed E-state index contributed by atoms with van der Waals surface area (Å²) in [6.07, 6.45) is -0.135. The number of hydrogen-bond donors (Lipinski definition) is 1. The van der Waals surface area contributed by atoms with E-state index in [0.29, 0.717) is 10.6 Å². The van der Waals surface area contributed by atoms with E-state index in [1.54, 1.807) is 0 Å². The van der Waals surface area contributed by atoms with Crippen molar-refractivity contribution in [2.45, 2.75) is 12.8 Å². The van der Waals surface area contributed by atoms with Crippen LogP contribution >= 0.6 is 0 Å². The summed E-state index contributed by atoms with van der Waals surface area (Å²) in [6.45, 7) is 0. The van der Waals surface area contributed by atoms with Crippen molar-refractivity contribution in [2.75, 3.05) is 0 Å². The van der Waals surface area contributed by atoms with E-state index in [4.69, 9.17) is 9.25 Å². The van der Waals surface area contributed by atoms with Gasteiger partial charge in [0.2, 0.25) is 0 Å². The summed E-state index contributed by atoms with van der Waals surface area (Å²) < 4.78 is 5.57. The van der Waals surface area contributed by atoms with Gasteiger partial charge in [0, 0.05) is 18.9 Å². The predicted molar refractivity (Wildman–Crippen MR) is 85.1 cm³/mol. The standard InChI is InChI=1S/C17H10N2O7/c20-8-1-2-9-12(7-8)25-16-10(18-9)3-4-11(21)15(16)17(24)26-19-13(22)5-6-14(19)23/h1-4,7,20H,5-6H2. The molecule has 9 nitrogen and oxygen atoms in total. The van der Waals surface area contributed by atoms with Gasteiger partial charge in [-0.1, -0.05) is 0 Å². The Hall–Kier alpha value is -3.75. The van der Waals surface area contributed by atoms with E-state index in [9.17, 15) is 24.3 Å². The number of hydroxylamine groups is 2. The highest BCUT2D eigenvalue weighted by Crippen LogP contribution is 2.29. The number of phenolic OH excluding ortho intramolecular Hbond substituents is 1. The van der Waals surface area contributed by atoms with Crippen molar-refractivity contribution >= 4 is 28.9 Å². The summed E-state index contributed by atoms with van der Waals surface area (Å²) in [5, 5.41) is 9.91. The van der Waals surface area contributed by atoms with E-state index >= 15 is 0 Å². The first kappa shape index (κ1) is 15.8. The third kappa shape index (κ3) is 2.46. The number of phenols is 1. The van der Waals surface area contributed by atoms with E-state index < -0.39 is 28.8 Å². The Balaban J connectivity index is 1.84.